The lowest BCUT2D eigenvalue weighted by Gasteiger charge is -2.19. The van der Waals surface area contributed by atoms with Gasteiger partial charge in [0.25, 0.3) is 0 Å². The van der Waals surface area contributed by atoms with E-state index in [4.69, 9.17) is 9.47 Å². The van der Waals surface area contributed by atoms with Crippen molar-refractivity contribution in [3.05, 3.63) is 77.8 Å². The highest BCUT2D eigenvalue weighted by molar-refractivity contribution is 5.73. The van der Waals surface area contributed by atoms with Crippen LogP contribution in [0, 0.1) is 5.41 Å². The zero-order valence-corrected chi connectivity index (χ0v) is 17.4. The summed E-state index contributed by atoms with van der Waals surface area (Å²) in [6.45, 7) is 4.05. The number of nitrogens with one attached hydrogen (secondary N) is 1. The Kier molecular flexibility index (Phi) is 7.12. The van der Waals surface area contributed by atoms with Gasteiger partial charge in [0.2, 0.25) is 0 Å². The predicted octanol–water partition coefficient (Wildman–Crippen LogP) is 4.78. The predicted molar refractivity (Wildman–Crippen MR) is 116 cm³/mol. The van der Waals surface area contributed by atoms with E-state index in [1.165, 1.54) is 5.57 Å². The fourth-order valence-corrected chi connectivity index (χ4v) is 2.92. The van der Waals surface area contributed by atoms with Gasteiger partial charge in [-0.15, -0.1) is 0 Å². The maximum atomic E-state index is 11.2. The number of rotatable bonds is 10. The van der Waals surface area contributed by atoms with Gasteiger partial charge in [0.05, 0.1) is 17.7 Å². The fraction of sp³-hybridized carbons (Fsp3) is 0.333. The molecule has 2 aromatic rings. The molecule has 2 N–H and O–H groups in total. The van der Waals surface area contributed by atoms with Crippen LogP contribution in [-0.4, -0.2) is 34.5 Å². The van der Waals surface area contributed by atoms with Gasteiger partial charge in [-0.2, -0.15) is 5.10 Å². The molecule has 1 heterocycles. The number of hydrogen-bond acceptors (Lipinski definition) is 4. The van der Waals surface area contributed by atoms with Gasteiger partial charge in [-0.1, -0.05) is 24.3 Å². The van der Waals surface area contributed by atoms with E-state index in [9.17, 15) is 9.90 Å². The summed E-state index contributed by atoms with van der Waals surface area (Å²) < 4.78 is 11.6. The number of carboxylic acid groups (broad SMARTS) is 1. The molecule has 0 fully saturated rings. The molecule has 0 saturated carbocycles. The van der Waals surface area contributed by atoms with E-state index in [-0.39, 0.29) is 6.61 Å². The zero-order valence-electron chi connectivity index (χ0n) is 17.4. The highest BCUT2D eigenvalue weighted by atomic mass is 16.5. The Hall–Kier alpha value is -3.28. The molecule has 0 radical (unpaired) electrons. The van der Waals surface area contributed by atoms with Crippen LogP contribution in [0.2, 0.25) is 0 Å². The molecule has 0 amide bonds. The summed E-state index contributed by atoms with van der Waals surface area (Å²) >= 11 is 0. The maximum absolute atomic E-state index is 11.2. The first kappa shape index (κ1) is 21.4. The Bertz CT molecular complexity index is 940. The number of aryl methyl sites for hydroxylation is 1. The smallest absolute Gasteiger partial charge is 0.312 e. The number of aromatic amines is 1. The topological polar surface area (TPSA) is 84.4 Å². The molecule has 0 saturated heterocycles. The van der Waals surface area contributed by atoms with Crippen molar-refractivity contribution >= 4 is 11.5 Å². The third kappa shape index (κ3) is 6.11. The van der Waals surface area contributed by atoms with Crippen molar-refractivity contribution in [1.82, 2.24) is 10.2 Å². The number of nitrogens with zero attached hydrogens (tertiary/aromatic N) is 1. The van der Waals surface area contributed by atoms with Gasteiger partial charge >= 0.3 is 5.97 Å². The van der Waals surface area contributed by atoms with Crippen LogP contribution in [0.4, 0.5) is 0 Å². The number of hydrogen-bond donors (Lipinski definition) is 2. The molecular formula is C24H28N2O4. The minimum Gasteiger partial charge on any atom is -0.494 e. The van der Waals surface area contributed by atoms with Gasteiger partial charge < -0.3 is 14.6 Å². The number of benzene rings is 1. The number of aliphatic carboxylic acids is 1. The lowest BCUT2D eigenvalue weighted by molar-refractivity contribution is -0.148. The molecule has 0 atom stereocenters. The maximum Gasteiger partial charge on any atom is 0.312 e. The number of H-pyrrole nitrogens is 1. The van der Waals surface area contributed by atoms with Gasteiger partial charge in [-0.3, -0.25) is 9.89 Å². The first-order chi connectivity index (χ1) is 14.4. The molecule has 1 aromatic carbocycles. The minimum absolute atomic E-state index is 0.128. The highest BCUT2D eigenvalue weighted by Gasteiger charge is 2.28. The van der Waals surface area contributed by atoms with Crippen molar-refractivity contribution in [2.24, 2.45) is 5.41 Å². The fourth-order valence-electron chi connectivity index (χ4n) is 2.92. The van der Waals surface area contributed by atoms with Crippen molar-refractivity contribution in [3.8, 4) is 5.75 Å². The molecule has 30 heavy (non-hydrogen) atoms. The Balaban J connectivity index is 1.46. The van der Waals surface area contributed by atoms with Crippen LogP contribution in [0.3, 0.4) is 0 Å². The summed E-state index contributed by atoms with van der Waals surface area (Å²) in [5, 5.41) is 16.2. The molecule has 0 aliphatic heterocycles. The summed E-state index contributed by atoms with van der Waals surface area (Å²) in [6.07, 6.45) is 12.4. The van der Waals surface area contributed by atoms with E-state index < -0.39 is 11.4 Å². The van der Waals surface area contributed by atoms with Crippen molar-refractivity contribution in [2.45, 2.75) is 33.1 Å². The normalized spacial score (nSPS) is 13.9. The number of ether oxygens (including phenoxy) is 2. The standard InChI is InChI=1S/C24H28N2O4/c1-24(2,23(27)28)17-30-21-10-3-6-18(16-21)7-5-15-29-20-9-4-8-19(11-12-20)22-13-14-25-26-22/h3-4,6,9-14,16H,5,7-8,15,17H2,1-2H3,(H,25,26)(H,27,28). The van der Waals surface area contributed by atoms with E-state index >= 15 is 0 Å². The van der Waals surface area contributed by atoms with E-state index in [2.05, 4.69) is 22.3 Å². The quantitative estimate of drug-likeness (QED) is 0.553. The van der Waals surface area contributed by atoms with E-state index in [1.54, 1.807) is 20.0 Å². The van der Waals surface area contributed by atoms with Crippen LogP contribution in [0.5, 0.6) is 5.75 Å². The Morgan fingerprint density at radius 3 is 2.87 bits per heavy atom. The molecule has 3 rings (SSSR count). The number of carbonyl (C=O) groups is 1. The second kappa shape index (κ2) is 9.96. The van der Waals surface area contributed by atoms with Gasteiger partial charge in [-0.25, -0.2) is 0 Å². The minimum atomic E-state index is -0.921. The SMILES string of the molecule is CC(C)(COc1cccc(CCCOC2=CC=C(c3ccn[nH]3)CC=C2)c1)C(=O)O. The van der Waals surface area contributed by atoms with Crippen LogP contribution in [0.25, 0.3) is 5.57 Å². The van der Waals surface area contributed by atoms with E-state index in [0.29, 0.717) is 12.4 Å². The largest absolute Gasteiger partial charge is 0.494 e. The van der Waals surface area contributed by atoms with E-state index in [1.807, 2.05) is 42.5 Å². The van der Waals surface area contributed by atoms with E-state index in [0.717, 1.165) is 36.3 Å². The first-order valence-corrected chi connectivity index (χ1v) is 10.1. The van der Waals surface area contributed by atoms with Gasteiger partial charge in [0, 0.05) is 6.20 Å². The summed E-state index contributed by atoms with van der Waals surface area (Å²) in [6, 6.07) is 9.74. The van der Waals surface area contributed by atoms with Crippen molar-refractivity contribution < 1.29 is 19.4 Å². The summed E-state index contributed by atoms with van der Waals surface area (Å²) in [7, 11) is 0. The van der Waals surface area contributed by atoms with Gasteiger partial charge in [0.15, 0.2) is 0 Å². The molecule has 6 heteroatoms. The molecule has 1 aliphatic carbocycles. The van der Waals surface area contributed by atoms with Crippen LogP contribution < -0.4 is 4.74 Å². The lowest BCUT2D eigenvalue weighted by Crippen LogP contribution is -2.30. The molecule has 6 nitrogen and oxygen atoms in total. The average molecular weight is 408 g/mol. The second-order valence-electron chi connectivity index (χ2n) is 7.91. The first-order valence-electron chi connectivity index (χ1n) is 10.1. The number of aromatic nitrogens is 2. The Morgan fingerprint density at radius 2 is 2.10 bits per heavy atom. The Labute approximate surface area is 176 Å². The molecule has 0 bridgehead atoms. The van der Waals surface area contributed by atoms with Crippen LogP contribution in [0.15, 0.2) is 66.6 Å². The van der Waals surface area contributed by atoms with Crippen molar-refractivity contribution in [3.63, 3.8) is 0 Å². The van der Waals surface area contributed by atoms with Gasteiger partial charge in [-0.05, 0) is 74.6 Å². The van der Waals surface area contributed by atoms with Crippen LogP contribution >= 0.6 is 0 Å². The number of allylic oxidation sites excluding steroid dienone is 5. The highest BCUT2D eigenvalue weighted by Crippen LogP contribution is 2.22. The van der Waals surface area contributed by atoms with Gasteiger partial charge in [0.1, 0.15) is 18.1 Å². The molecule has 158 valence electrons. The number of carboxylic acids is 1. The summed E-state index contributed by atoms with van der Waals surface area (Å²) in [4.78, 5) is 11.2. The Morgan fingerprint density at radius 1 is 1.23 bits per heavy atom. The molecule has 0 spiro atoms. The van der Waals surface area contributed by atoms with Crippen molar-refractivity contribution in [2.75, 3.05) is 13.2 Å². The second-order valence-corrected chi connectivity index (χ2v) is 7.91. The van der Waals surface area contributed by atoms with Crippen LogP contribution in [-0.2, 0) is 16.0 Å². The zero-order chi connectivity index (χ0) is 21.4. The molecule has 0 unspecified atom stereocenters. The lowest BCUT2D eigenvalue weighted by atomic mass is 9.95. The van der Waals surface area contributed by atoms with Crippen LogP contribution in [0.1, 0.15) is 37.9 Å². The van der Waals surface area contributed by atoms with Crippen molar-refractivity contribution in [1.29, 1.82) is 0 Å². The molecule has 1 aromatic heterocycles. The molecule has 1 aliphatic rings. The third-order valence-electron chi connectivity index (χ3n) is 4.87. The third-order valence-corrected chi connectivity index (χ3v) is 4.87. The molecular weight excluding hydrogens is 380 g/mol. The summed E-state index contributed by atoms with van der Waals surface area (Å²) in [5.74, 6) is 0.662. The monoisotopic (exact) mass is 408 g/mol. The average Bonchev–Trinajstić information content (AvgIpc) is 3.16. The summed E-state index contributed by atoms with van der Waals surface area (Å²) in [5.41, 5.74) is 2.41.